The molecule has 0 radical (unpaired) electrons. The molecule has 1 aliphatic heterocycles. The molecule has 1 heterocycles. The van der Waals surface area contributed by atoms with Crippen LogP contribution in [0.2, 0.25) is 0 Å². The summed E-state index contributed by atoms with van der Waals surface area (Å²) in [5.74, 6) is -0.739. The van der Waals surface area contributed by atoms with Crippen molar-refractivity contribution in [1.82, 2.24) is 4.90 Å². The van der Waals surface area contributed by atoms with E-state index < -0.39 is 0 Å². The fraction of sp³-hybridized carbons (Fsp3) is 0.154. The Morgan fingerprint density at radius 2 is 1.65 bits per heavy atom. The molecule has 1 saturated heterocycles. The lowest BCUT2D eigenvalue weighted by Gasteiger charge is -2.05. The maximum Gasteiger partial charge on any atom is 0.233 e. The van der Waals surface area contributed by atoms with E-state index in [1.807, 2.05) is 6.07 Å². The van der Waals surface area contributed by atoms with Crippen LogP contribution in [0.15, 0.2) is 42.6 Å². The number of amides is 2. The van der Waals surface area contributed by atoms with Crippen LogP contribution in [0.5, 0.6) is 0 Å². The molecule has 17 heavy (non-hydrogen) atoms. The molecule has 1 fully saturated rings. The van der Waals surface area contributed by atoms with Gasteiger partial charge in [-0.05, 0) is 0 Å². The minimum Gasteiger partial charge on any atom is -0.289 e. The number of likely N-dealkylation sites (tertiary alicyclic amines) is 1. The molecule has 0 aromatic heterocycles. The second kappa shape index (κ2) is 4.74. The highest BCUT2D eigenvalue weighted by Crippen LogP contribution is 2.12. The molecule has 0 unspecified atom stereocenters. The molecule has 0 spiro atoms. The van der Waals surface area contributed by atoms with Gasteiger partial charge in [-0.2, -0.15) is 0 Å². The number of hydrogen-bond acceptors (Lipinski definition) is 3. The molecule has 0 bridgehead atoms. The molecule has 1 aliphatic rings. The highest BCUT2D eigenvalue weighted by atomic mass is 16.2. The van der Waals surface area contributed by atoms with Crippen LogP contribution in [0.1, 0.15) is 23.2 Å². The molecule has 86 valence electrons. The smallest absolute Gasteiger partial charge is 0.233 e. The largest absolute Gasteiger partial charge is 0.289 e. The van der Waals surface area contributed by atoms with Gasteiger partial charge < -0.3 is 0 Å². The van der Waals surface area contributed by atoms with Crippen molar-refractivity contribution in [2.45, 2.75) is 12.8 Å². The van der Waals surface area contributed by atoms with E-state index in [1.54, 1.807) is 24.3 Å². The summed E-state index contributed by atoms with van der Waals surface area (Å²) in [5, 5.41) is 0. The summed E-state index contributed by atoms with van der Waals surface area (Å²) in [6.07, 6.45) is 2.95. The van der Waals surface area contributed by atoms with E-state index in [2.05, 4.69) is 0 Å². The molecular weight excluding hydrogens is 218 g/mol. The van der Waals surface area contributed by atoms with Gasteiger partial charge in [-0.1, -0.05) is 30.3 Å². The zero-order chi connectivity index (χ0) is 12.3. The van der Waals surface area contributed by atoms with E-state index in [4.69, 9.17) is 0 Å². The highest BCUT2D eigenvalue weighted by Gasteiger charge is 2.26. The SMILES string of the molecule is O=C(/C=C/N1C(=O)CCC1=O)c1ccccc1. The Morgan fingerprint density at radius 3 is 2.24 bits per heavy atom. The first-order chi connectivity index (χ1) is 8.18. The van der Waals surface area contributed by atoms with Gasteiger partial charge in [0, 0.05) is 30.7 Å². The third-order valence-electron chi connectivity index (χ3n) is 2.52. The summed E-state index contributed by atoms with van der Waals surface area (Å²) >= 11 is 0. The highest BCUT2D eigenvalue weighted by molar-refractivity contribution is 6.07. The Bertz CT molecular complexity index is 475. The van der Waals surface area contributed by atoms with Gasteiger partial charge in [0.15, 0.2) is 5.78 Å². The minimum absolute atomic E-state index is 0.224. The average Bonchev–Trinajstić information content (AvgIpc) is 2.67. The maximum atomic E-state index is 11.7. The predicted molar refractivity (Wildman–Crippen MR) is 61.0 cm³/mol. The van der Waals surface area contributed by atoms with Crippen LogP contribution >= 0.6 is 0 Å². The van der Waals surface area contributed by atoms with Crippen LogP contribution < -0.4 is 0 Å². The Labute approximate surface area is 98.5 Å². The van der Waals surface area contributed by atoms with E-state index in [0.29, 0.717) is 5.56 Å². The monoisotopic (exact) mass is 229 g/mol. The third kappa shape index (κ3) is 2.47. The van der Waals surface area contributed by atoms with Crippen LogP contribution in [-0.4, -0.2) is 22.5 Å². The van der Waals surface area contributed by atoms with Crippen molar-refractivity contribution in [1.29, 1.82) is 0 Å². The minimum atomic E-state index is -0.257. The fourth-order valence-electron chi connectivity index (χ4n) is 1.60. The van der Waals surface area contributed by atoms with Crippen molar-refractivity contribution in [2.24, 2.45) is 0 Å². The standard InChI is InChI=1S/C13H11NO3/c15-11(10-4-2-1-3-5-10)8-9-14-12(16)6-7-13(14)17/h1-5,8-9H,6-7H2/b9-8+. The third-order valence-corrected chi connectivity index (χ3v) is 2.52. The van der Waals surface area contributed by atoms with Crippen LogP contribution in [0.25, 0.3) is 0 Å². The maximum absolute atomic E-state index is 11.7. The quantitative estimate of drug-likeness (QED) is 0.448. The molecule has 1 aromatic rings. The van der Waals surface area contributed by atoms with Crippen LogP contribution in [0.4, 0.5) is 0 Å². The van der Waals surface area contributed by atoms with E-state index in [9.17, 15) is 14.4 Å². The van der Waals surface area contributed by atoms with Crippen LogP contribution in [-0.2, 0) is 9.59 Å². The normalized spacial score (nSPS) is 15.9. The number of carbonyl (C=O) groups is 3. The number of hydrogen-bond donors (Lipinski definition) is 0. The molecule has 0 atom stereocenters. The van der Waals surface area contributed by atoms with E-state index in [1.165, 1.54) is 12.3 Å². The first kappa shape index (κ1) is 11.3. The van der Waals surface area contributed by atoms with Crippen molar-refractivity contribution >= 4 is 17.6 Å². The number of nitrogens with zero attached hydrogens (tertiary/aromatic N) is 1. The van der Waals surface area contributed by atoms with Crippen molar-refractivity contribution in [3.63, 3.8) is 0 Å². The van der Waals surface area contributed by atoms with Gasteiger partial charge in [0.2, 0.25) is 11.8 Å². The lowest BCUT2D eigenvalue weighted by atomic mass is 10.1. The van der Waals surface area contributed by atoms with Gasteiger partial charge in [0.05, 0.1) is 0 Å². The summed E-state index contributed by atoms with van der Waals surface area (Å²) in [4.78, 5) is 35.2. The molecule has 2 amide bonds. The summed E-state index contributed by atoms with van der Waals surface area (Å²) in [6.45, 7) is 0. The van der Waals surface area contributed by atoms with Gasteiger partial charge in [0.25, 0.3) is 0 Å². The lowest BCUT2D eigenvalue weighted by molar-refractivity contribution is -0.135. The number of imide groups is 1. The molecule has 0 saturated carbocycles. The van der Waals surface area contributed by atoms with Gasteiger partial charge in [0.1, 0.15) is 0 Å². The first-order valence-electron chi connectivity index (χ1n) is 5.31. The molecule has 0 N–H and O–H groups in total. The Morgan fingerprint density at radius 1 is 1.06 bits per heavy atom. The number of allylic oxidation sites excluding steroid dienone is 1. The Kier molecular flexibility index (Phi) is 3.14. The van der Waals surface area contributed by atoms with E-state index in [0.717, 1.165) is 4.90 Å². The number of rotatable bonds is 3. The van der Waals surface area contributed by atoms with Crippen LogP contribution in [0, 0.1) is 0 Å². The van der Waals surface area contributed by atoms with Crippen LogP contribution in [0.3, 0.4) is 0 Å². The number of ketones is 1. The first-order valence-corrected chi connectivity index (χ1v) is 5.31. The van der Waals surface area contributed by atoms with Gasteiger partial charge >= 0.3 is 0 Å². The van der Waals surface area contributed by atoms with Gasteiger partial charge in [-0.25, -0.2) is 0 Å². The van der Waals surface area contributed by atoms with E-state index >= 15 is 0 Å². The molecule has 4 nitrogen and oxygen atoms in total. The second-order valence-corrected chi connectivity index (χ2v) is 3.70. The fourth-order valence-corrected chi connectivity index (χ4v) is 1.60. The predicted octanol–water partition coefficient (Wildman–Crippen LogP) is 1.53. The Hall–Kier alpha value is -2.23. The molecular formula is C13H11NO3. The van der Waals surface area contributed by atoms with Crippen molar-refractivity contribution in [2.75, 3.05) is 0 Å². The van der Waals surface area contributed by atoms with E-state index in [-0.39, 0.29) is 30.4 Å². The summed E-state index contributed by atoms with van der Waals surface area (Å²) in [7, 11) is 0. The molecule has 2 rings (SSSR count). The van der Waals surface area contributed by atoms with Crippen molar-refractivity contribution < 1.29 is 14.4 Å². The van der Waals surface area contributed by atoms with Gasteiger partial charge in [-0.3, -0.25) is 19.3 Å². The summed E-state index contributed by atoms with van der Waals surface area (Å²) in [6, 6.07) is 8.69. The molecule has 4 heteroatoms. The zero-order valence-electron chi connectivity index (χ0n) is 9.13. The number of benzene rings is 1. The summed E-state index contributed by atoms with van der Waals surface area (Å²) in [5.41, 5.74) is 0.530. The Balaban J connectivity index is 2.09. The molecule has 1 aromatic carbocycles. The van der Waals surface area contributed by atoms with Crippen molar-refractivity contribution in [3.05, 3.63) is 48.2 Å². The second-order valence-electron chi connectivity index (χ2n) is 3.70. The topological polar surface area (TPSA) is 54.5 Å². The summed E-state index contributed by atoms with van der Waals surface area (Å²) < 4.78 is 0. The molecule has 0 aliphatic carbocycles. The number of carbonyl (C=O) groups excluding carboxylic acids is 3. The average molecular weight is 229 g/mol. The lowest BCUT2D eigenvalue weighted by Crippen LogP contribution is -2.22. The van der Waals surface area contributed by atoms with Crippen molar-refractivity contribution in [3.8, 4) is 0 Å². The van der Waals surface area contributed by atoms with Gasteiger partial charge in [-0.15, -0.1) is 0 Å². The zero-order valence-corrected chi connectivity index (χ0v) is 9.13.